The van der Waals surface area contributed by atoms with Gasteiger partial charge in [-0.1, -0.05) is 0 Å². The fourth-order valence-corrected chi connectivity index (χ4v) is 2.00. The number of carbonyl (C=O) groups is 2. The lowest BCUT2D eigenvalue weighted by molar-refractivity contribution is -0.118. The minimum Gasteiger partial charge on any atom is -0.482 e. The Labute approximate surface area is 126 Å². The van der Waals surface area contributed by atoms with Gasteiger partial charge in [-0.15, -0.1) is 0 Å². The molecule has 2 amide bonds. The lowest BCUT2D eigenvalue weighted by Gasteiger charge is -2.18. The molecule has 7 heteroatoms. The number of carbonyl (C=O) groups excluding carboxylic acids is 2. The maximum Gasteiger partial charge on any atom is 0.262 e. The standard InChI is InChI=1S/C15H14N4O3/c1-9-5-17-11(6-16-9)7-18-15(21)10-2-3-12-13(4-10)22-8-14(20)19-12/h2-6H,7-8H2,1H3,(H,18,21)(H,19,20). The molecule has 0 radical (unpaired) electrons. The van der Waals surface area contributed by atoms with Crippen molar-refractivity contribution in [1.82, 2.24) is 15.3 Å². The molecule has 0 fully saturated rings. The van der Waals surface area contributed by atoms with Gasteiger partial charge >= 0.3 is 0 Å². The fraction of sp³-hybridized carbons (Fsp3) is 0.200. The summed E-state index contributed by atoms with van der Waals surface area (Å²) in [6.07, 6.45) is 3.28. The smallest absolute Gasteiger partial charge is 0.262 e. The topological polar surface area (TPSA) is 93.2 Å². The van der Waals surface area contributed by atoms with Crippen molar-refractivity contribution in [1.29, 1.82) is 0 Å². The number of nitrogens with one attached hydrogen (secondary N) is 2. The van der Waals surface area contributed by atoms with Crippen LogP contribution in [0.15, 0.2) is 30.6 Å². The molecule has 2 aromatic rings. The Morgan fingerprint density at radius 1 is 1.36 bits per heavy atom. The highest BCUT2D eigenvalue weighted by Crippen LogP contribution is 2.28. The van der Waals surface area contributed by atoms with Crippen LogP contribution in [0.2, 0.25) is 0 Å². The third kappa shape index (κ3) is 3.03. The van der Waals surface area contributed by atoms with Crippen molar-refractivity contribution in [3.63, 3.8) is 0 Å². The van der Waals surface area contributed by atoms with Crippen molar-refractivity contribution in [3.05, 3.63) is 47.5 Å². The van der Waals surface area contributed by atoms with Crippen molar-refractivity contribution in [2.75, 3.05) is 11.9 Å². The zero-order chi connectivity index (χ0) is 15.5. The van der Waals surface area contributed by atoms with Crippen molar-refractivity contribution in [3.8, 4) is 5.75 Å². The first kappa shape index (κ1) is 14.0. The van der Waals surface area contributed by atoms with Gasteiger partial charge in [-0.2, -0.15) is 0 Å². The average Bonchev–Trinajstić information content (AvgIpc) is 2.53. The number of nitrogens with zero attached hydrogens (tertiary/aromatic N) is 2. The Hall–Kier alpha value is -2.96. The second-order valence-electron chi connectivity index (χ2n) is 4.88. The van der Waals surface area contributed by atoms with Crippen LogP contribution in [0.1, 0.15) is 21.7 Å². The van der Waals surface area contributed by atoms with Crippen molar-refractivity contribution >= 4 is 17.5 Å². The summed E-state index contributed by atoms with van der Waals surface area (Å²) in [6, 6.07) is 4.88. The predicted molar refractivity (Wildman–Crippen MR) is 78.5 cm³/mol. The molecule has 0 saturated carbocycles. The van der Waals surface area contributed by atoms with E-state index in [0.29, 0.717) is 29.2 Å². The molecule has 22 heavy (non-hydrogen) atoms. The molecule has 1 aromatic carbocycles. The summed E-state index contributed by atoms with van der Waals surface area (Å²) in [7, 11) is 0. The molecular formula is C15H14N4O3. The van der Waals surface area contributed by atoms with Crippen LogP contribution in [0, 0.1) is 6.92 Å². The van der Waals surface area contributed by atoms with Gasteiger partial charge in [0.25, 0.3) is 11.8 Å². The van der Waals surface area contributed by atoms with Gasteiger partial charge in [-0.3, -0.25) is 19.6 Å². The van der Waals surface area contributed by atoms with E-state index in [0.717, 1.165) is 5.69 Å². The van der Waals surface area contributed by atoms with Gasteiger partial charge in [0.15, 0.2) is 6.61 Å². The number of aromatic nitrogens is 2. The van der Waals surface area contributed by atoms with Crippen LogP contribution in [-0.2, 0) is 11.3 Å². The van der Waals surface area contributed by atoms with Gasteiger partial charge in [-0.05, 0) is 25.1 Å². The predicted octanol–water partition coefficient (Wildman–Crippen LogP) is 1.05. The third-order valence-corrected chi connectivity index (χ3v) is 3.14. The number of aryl methyl sites for hydroxylation is 1. The molecule has 3 rings (SSSR count). The molecule has 2 heterocycles. The van der Waals surface area contributed by atoms with E-state index in [1.807, 2.05) is 6.92 Å². The zero-order valence-corrected chi connectivity index (χ0v) is 11.9. The van der Waals surface area contributed by atoms with E-state index in [9.17, 15) is 9.59 Å². The monoisotopic (exact) mass is 298 g/mol. The van der Waals surface area contributed by atoms with E-state index in [-0.39, 0.29) is 18.4 Å². The van der Waals surface area contributed by atoms with E-state index in [1.54, 1.807) is 30.6 Å². The largest absolute Gasteiger partial charge is 0.482 e. The number of rotatable bonds is 3. The summed E-state index contributed by atoms with van der Waals surface area (Å²) in [6.45, 7) is 2.10. The summed E-state index contributed by atoms with van der Waals surface area (Å²) in [5, 5.41) is 5.44. The minimum atomic E-state index is -0.245. The zero-order valence-electron chi connectivity index (χ0n) is 11.9. The normalized spacial score (nSPS) is 12.9. The molecule has 0 bridgehead atoms. The molecule has 1 aliphatic rings. The highest BCUT2D eigenvalue weighted by atomic mass is 16.5. The molecule has 7 nitrogen and oxygen atoms in total. The first-order chi connectivity index (χ1) is 10.6. The second-order valence-corrected chi connectivity index (χ2v) is 4.88. The van der Waals surface area contributed by atoms with Gasteiger partial charge in [0.1, 0.15) is 5.75 Å². The summed E-state index contributed by atoms with van der Waals surface area (Å²) in [4.78, 5) is 31.6. The Balaban J connectivity index is 1.67. The Bertz CT molecular complexity index is 728. The molecule has 1 aromatic heterocycles. The Kier molecular flexibility index (Phi) is 3.69. The summed E-state index contributed by atoms with van der Waals surface area (Å²) < 4.78 is 5.29. The molecular weight excluding hydrogens is 284 g/mol. The van der Waals surface area contributed by atoms with Gasteiger partial charge in [0.05, 0.1) is 29.8 Å². The number of amides is 2. The number of ether oxygens (including phenoxy) is 1. The first-order valence-electron chi connectivity index (χ1n) is 6.74. The lowest BCUT2D eigenvalue weighted by Crippen LogP contribution is -2.27. The molecule has 0 aliphatic carbocycles. The highest BCUT2D eigenvalue weighted by molar-refractivity contribution is 5.98. The molecule has 0 atom stereocenters. The quantitative estimate of drug-likeness (QED) is 0.883. The van der Waals surface area contributed by atoms with Crippen LogP contribution in [0.5, 0.6) is 5.75 Å². The van der Waals surface area contributed by atoms with E-state index >= 15 is 0 Å². The van der Waals surface area contributed by atoms with Gasteiger partial charge in [0.2, 0.25) is 0 Å². The lowest BCUT2D eigenvalue weighted by atomic mass is 10.1. The molecule has 0 spiro atoms. The van der Waals surface area contributed by atoms with Crippen molar-refractivity contribution < 1.29 is 14.3 Å². The highest BCUT2D eigenvalue weighted by Gasteiger charge is 2.17. The van der Waals surface area contributed by atoms with Crippen LogP contribution < -0.4 is 15.4 Å². The third-order valence-electron chi connectivity index (χ3n) is 3.14. The second kappa shape index (κ2) is 5.80. The van der Waals surface area contributed by atoms with Crippen LogP contribution in [0.4, 0.5) is 5.69 Å². The van der Waals surface area contributed by atoms with Crippen LogP contribution in [-0.4, -0.2) is 28.4 Å². The number of benzene rings is 1. The molecule has 2 N–H and O–H groups in total. The summed E-state index contributed by atoms with van der Waals surface area (Å²) in [5.41, 5.74) is 2.52. The van der Waals surface area contributed by atoms with E-state index < -0.39 is 0 Å². The van der Waals surface area contributed by atoms with E-state index in [4.69, 9.17) is 4.74 Å². The molecule has 0 unspecified atom stereocenters. The first-order valence-corrected chi connectivity index (χ1v) is 6.74. The van der Waals surface area contributed by atoms with E-state index in [1.165, 1.54) is 0 Å². The SMILES string of the molecule is Cc1cnc(CNC(=O)c2ccc3c(c2)OCC(=O)N3)cn1. The number of hydrogen-bond acceptors (Lipinski definition) is 5. The van der Waals surface area contributed by atoms with Crippen LogP contribution in [0.3, 0.4) is 0 Å². The average molecular weight is 298 g/mol. The summed E-state index contributed by atoms with van der Waals surface area (Å²) in [5.74, 6) is 0.0377. The van der Waals surface area contributed by atoms with Gasteiger partial charge in [-0.25, -0.2) is 0 Å². The minimum absolute atomic E-state index is 0.0446. The Morgan fingerprint density at radius 2 is 2.23 bits per heavy atom. The summed E-state index contributed by atoms with van der Waals surface area (Å²) >= 11 is 0. The molecule has 112 valence electrons. The number of anilines is 1. The number of hydrogen-bond donors (Lipinski definition) is 2. The molecule has 1 aliphatic heterocycles. The maximum atomic E-state index is 12.1. The van der Waals surface area contributed by atoms with Gasteiger partial charge in [0, 0.05) is 11.8 Å². The van der Waals surface area contributed by atoms with Crippen LogP contribution >= 0.6 is 0 Å². The maximum absolute atomic E-state index is 12.1. The van der Waals surface area contributed by atoms with Crippen molar-refractivity contribution in [2.24, 2.45) is 0 Å². The van der Waals surface area contributed by atoms with Gasteiger partial charge < -0.3 is 15.4 Å². The fourth-order valence-electron chi connectivity index (χ4n) is 2.00. The van der Waals surface area contributed by atoms with Crippen LogP contribution in [0.25, 0.3) is 0 Å². The van der Waals surface area contributed by atoms with Crippen molar-refractivity contribution in [2.45, 2.75) is 13.5 Å². The number of fused-ring (bicyclic) bond motifs is 1. The molecule has 0 saturated heterocycles. The Morgan fingerprint density at radius 3 is 3.00 bits per heavy atom. The van der Waals surface area contributed by atoms with E-state index in [2.05, 4.69) is 20.6 Å².